The average Bonchev–Trinajstić information content (AvgIpc) is 3.20. The second-order valence-electron chi connectivity index (χ2n) is 8.42. The molecule has 0 radical (unpaired) electrons. The van der Waals surface area contributed by atoms with Gasteiger partial charge in [-0.15, -0.1) is 0 Å². The summed E-state index contributed by atoms with van der Waals surface area (Å²) in [7, 11) is 1.80. The summed E-state index contributed by atoms with van der Waals surface area (Å²) in [5.74, 6) is -0.254. The molecular formula is C26H30N4O2. The molecule has 166 valence electrons. The number of aryl methyl sites for hydroxylation is 1. The Bertz CT molecular complexity index is 1080. The van der Waals surface area contributed by atoms with E-state index < -0.39 is 0 Å². The highest BCUT2D eigenvalue weighted by Gasteiger charge is 2.33. The highest BCUT2D eigenvalue weighted by molar-refractivity contribution is 5.93. The first-order valence-electron chi connectivity index (χ1n) is 11.3. The summed E-state index contributed by atoms with van der Waals surface area (Å²) in [6.45, 7) is 4.29. The predicted molar refractivity (Wildman–Crippen MR) is 125 cm³/mol. The Hall–Kier alpha value is -3.41. The normalized spacial score (nSPS) is 16.8. The second-order valence-corrected chi connectivity index (χ2v) is 8.42. The van der Waals surface area contributed by atoms with Gasteiger partial charge in [-0.1, -0.05) is 61.5 Å². The minimum absolute atomic E-state index is 0.111. The van der Waals surface area contributed by atoms with Gasteiger partial charge in [0.05, 0.1) is 5.92 Å². The predicted octanol–water partition coefficient (Wildman–Crippen LogP) is 3.64. The van der Waals surface area contributed by atoms with Crippen LogP contribution in [0.2, 0.25) is 0 Å². The summed E-state index contributed by atoms with van der Waals surface area (Å²) in [5, 5.41) is 4.27. The van der Waals surface area contributed by atoms with Gasteiger partial charge in [0.1, 0.15) is 5.69 Å². The van der Waals surface area contributed by atoms with Crippen LogP contribution in [0.3, 0.4) is 0 Å². The molecule has 2 aromatic carbocycles. The zero-order valence-corrected chi connectivity index (χ0v) is 18.8. The van der Waals surface area contributed by atoms with Crippen molar-refractivity contribution in [3.63, 3.8) is 0 Å². The number of nitrogens with zero attached hydrogens (tertiary/aromatic N) is 4. The number of carbonyl (C=O) groups excluding carboxylic acids is 2. The van der Waals surface area contributed by atoms with Crippen LogP contribution >= 0.6 is 0 Å². The average molecular weight is 431 g/mol. The minimum atomic E-state index is -0.275. The van der Waals surface area contributed by atoms with Crippen LogP contribution in [0.5, 0.6) is 0 Å². The van der Waals surface area contributed by atoms with E-state index in [9.17, 15) is 9.59 Å². The molecule has 6 heteroatoms. The van der Waals surface area contributed by atoms with Crippen LogP contribution in [0.1, 0.15) is 29.4 Å². The topological polar surface area (TPSA) is 58.4 Å². The van der Waals surface area contributed by atoms with Crippen molar-refractivity contribution in [1.82, 2.24) is 19.6 Å². The van der Waals surface area contributed by atoms with Crippen molar-refractivity contribution >= 4 is 11.8 Å². The molecule has 0 bridgehead atoms. The molecule has 6 nitrogen and oxygen atoms in total. The van der Waals surface area contributed by atoms with Crippen LogP contribution in [0.4, 0.5) is 0 Å². The van der Waals surface area contributed by atoms with Crippen LogP contribution < -0.4 is 0 Å². The molecule has 1 aliphatic rings. The van der Waals surface area contributed by atoms with Crippen LogP contribution in [0.25, 0.3) is 11.1 Å². The van der Waals surface area contributed by atoms with Gasteiger partial charge in [0.25, 0.3) is 5.91 Å². The molecule has 1 unspecified atom stereocenters. The fourth-order valence-electron chi connectivity index (χ4n) is 4.36. The molecule has 1 aromatic heterocycles. The van der Waals surface area contributed by atoms with Gasteiger partial charge in [-0.3, -0.25) is 14.3 Å². The third kappa shape index (κ3) is 4.90. The van der Waals surface area contributed by atoms with E-state index in [2.05, 4.69) is 42.4 Å². The fourth-order valence-corrected chi connectivity index (χ4v) is 4.36. The van der Waals surface area contributed by atoms with Crippen molar-refractivity contribution < 1.29 is 9.59 Å². The number of carbonyl (C=O) groups is 2. The fraction of sp³-hybridized carbons (Fsp3) is 0.346. The second kappa shape index (κ2) is 9.81. The van der Waals surface area contributed by atoms with Crippen LogP contribution in [-0.2, 0) is 18.3 Å². The summed E-state index contributed by atoms with van der Waals surface area (Å²) in [5.41, 5.74) is 3.82. The maximum atomic E-state index is 13.4. The standard InChI is InChI=1S/C26H30N4O2/c1-3-13-29-15-16-30(26(32)24-12-14-28(2)27-24)19-23(25(29)31)18-20-8-7-11-22(17-20)21-9-5-4-6-10-21/h4-12,14,17,23H,3,13,15-16,18-19H2,1-2H3. The van der Waals surface area contributed by atoms with Gasteiger partial charge in [-0.05, 0) is 35.6 Å². The number of benzene rings is 2. The lowest BCUT2D eigenvalue weighted by Crippen LogP contribution is -2.38. The Morgan fingerprint density at radius 1 is 1.03 bits per heavy atom. The maximum absolute atomic E-state index is 13.4. The van der Waals surface area contributed by atoms with E-state index in [1.165, 1.54) is 0 Å². The molecule has 0 aliphatic carbocycles. The number of hydrogen-bond donors (Lipinski definition) is 0. The summed E-state index contributed by atoms with van der Waals surface area (Å²) in [6.07, 6.45) is 3.27. The molecule has 32 heavy (non-hydrogen) atoms. The van der Waals surface area contributed by atoms with Crippen molar-refractivity contribution in [3.05, 3.63) is 78.1 Å². The van der Waals surface area contributed by atoms with E-state index in [4.69, 9.17) is 0 Å². The molecule has 0 N–H and O–H groups in total. The highest BCUT2D eigenvalue weighted by Crippen LogP contribution is 2.24. The maximum Gasteiger partial charge on any atom is 0.274 e. The first kappa shape index (κ1) is 21.8. The van der Waals surface area contributed by atoms with Crippen molar-refractivity contribution in [2.45, 2.75) is 19.8 Å². The minimum Gasteiger partial charge on any atom is -0.341 e. The quantitative estimate of drug-likeness (QED) is 0.600. The Morgan fingerprint density at radius 3 is 2.53 bits per heavy atom. The third-order valence-electron chi connectivity index (χ3n) is 5.97. The van der Waals surface area contributed by atoms with Crippen LogP contribution in [0, 0.1) is 5.92 Å². The summed E-state index contributed by atoms with van der Waals surface area (Å²) in [4.78, 5) is 30.2. The van der Waals surface area contributed by atoms with E-state index in [0.29, 0.717) is 38.3 Å². The molecule has 1 aliphatic heterocycles. The molecular weight excluding hydrogens is 400 g/mol. The van der Waals surface area contributed by atoms with E-state index >= 15 is 0 Å². The van der Waals surface area contributed by atoms with Crippen LogP contribution in [-0.4, -0.2) is 57.6 Å². The van der Waals surface area contributed by atoms with Gasteiger partial charge in [0, 0.05) is 39.4 Å². The van der Waals surface area contributed by atoms with Gasteiger partial charge >= 0.3 is 0 Å². The molecule has 1 atom stereocenters. The third-order valence-corrected chi connectivity index (χ3v) is 5.97. The van der Waals surface area contributed by atoms with E-state index in [0.717, 1.165) is 23.1 Å². The largest absolute Gasteiger partial charge is 0.341 e. The van der Waals surface area contributed by atoms with E-state index in [1.807, 2.05) is 29.2 Å². The Labute approximate surface area is 189 Å². The van der Waals surface area contributed by atoms with Gasteiger partial charge in [-0.2, -0.15) is 5.10 Å². The van der Waals surface area contributed by atoms with Crippen molar-refractivity contribution in [3.8, 4) is 11.1 Å². The lowest BCUT2D eigenvalue weighted by Gasteiger charge is -2.24. The lowest BCUT2D eigenvalue weighted by molar-refractivity contribution is -0.134. The summed E-state index contributed by atoms with van der Waals surface area (Å²) >= 11 is 0. The Balaban J connectivity index is 1.58. The molecule has 1 fully saturated rings. The summed E-state index contributed by atoms with van der Waals surface area (Å²) < 4.78 is 1.63. The first-order valence-corrected chi connectivity index (χ1v) is 11.3. The van der Waals surface area contributed by atoms with Crippen molar-refractivity contribution in [2.75, 3.05) is 26.2 Å². The summed E-state index contributed by atoms with van der Waals surface area (Å²) in [6, 6.07) is 20.3. The number of aromatic nitrogens is 2. The van der Waals surface area contributed by atoms with Crippen molar-refractivity contribution in [1.29, 1.82) is 0 Å². The molecule has 1 saturated heterocycles. The molecule has 3 aromatic rings. The molecule has 0 spiro atoms. The highest BCUT2D eigenvalue weighted by atomic mass is 16.2. The SMILES string of the molecule is CCCN1CCN(C(=O)c2ccn(C)n2)CC(Cc2cccc(-c3ccccc3)c2)C1=O. The van der Waals surface area contributed by atoms with E-state index in [1.54, 1.807) is 28.9 Å². The lowest BCUT2D eigenvalue weighted by atomic mass is 9.94. The van der Waals surface area contributed by atoms with Crippen molar-refractivity contribution in [2.24, 2.45) is 13.0 Å². The zero-order chi connectivity index (χ0) is 22.5. The molecule has 2 heterocycles. The van der Waals surface area contributed by atoms with Gasteiger partial charge < -0.3 is 9.80 Å². The number of rotatable bonds is 6. The molecule has 0 saturated carbocycles. The number of amides is 2. The Morgan fingerprint density at radius 2 is 1.81 bits per heavy atom. The van der Waals surface area contributed by atoms with Gasteiger partial charge in [0.2, 0.25) is 5.91 Å². The van der Waals surface area contributed by atoms with E-state index in [-0.39, 0.29) is 17.7 Å². The van der Waals surface area contributed by atoms with Crippen LogP contribution in [0.15, 0.2) is 66.9 Å². The van der Waals surface area contributed by atoms with Gasteiger partial charge in [0.15, 0.2) is 0 Å². The zero-order valence-electron chi connectivity index (χ0n) is 18.8. The Kier molecular flexibility index (Phi) is 6.69. The molecule has 2 amide bonds. The smallest absolute Gasteiger partial charge is 0.274 e. The first-order chi connectivity index (χ1) is 15.5. The monoisotopic (exact) mass is 430 g/mol. The van der Waals surface area contributed by atoms with Gasteiger partial charge in [-0.25, -0.2) is 0 Å². The number of hydrogen-bond acceptors (Lipinski definition) is 3. The molecule has 4 rings (SSSR count).